The van der Waals surface area contributed by atoms with Crippen molar-refractivity contribution < 1.29 is 24.6 Å². The molecule has 0 aromatic rings. The van der Waals surface area contributed by atoms with Crippen LogP contribution in [0.15, 0.2) is 0 Å². The second-order valence-corrected chi connectivity index (χ2v) is 4.76. The monoisotopic (exact) mass is 273 g/mol. The topological polar surface area (TPSA) is 119 Å². The van der Waals surface area contributed by atoms with E-state index in [-0.39, 0.29) is 0 Å². The van der Waals surface area contributed by atoms with Crippen molar-refractivity contribution in [1.29, 1.82) is 0 Å². The molecule has 1 aliphatic rings. The average Bonchev–Trinajstić information content (AvgIpc) is 2.71. The smallest absolute Gasteiger partial charge is 0.326 e. The zero-order valence-corrected chi connectivity index (χ0v) is 10.8. The van der Waals surface area contributed by atoms with Crippen molar-refractivity contribution in [2.24, 2.45) is 5.92 Å². The van der Waals surface area contributed by atoms with E-state index >= 15 is 0 Å². The molecule has 0 saturated carbocycles. The van der Waals surface area contributed by atoms with E-state index in [0.717, 1.165) is 19.5 Å². The van der Waals surface area contributed by atoms with Gasteiger partial charge in [0.05, 0.1) is 6.42 Å². The van der Waals surface area contributed by atoms with Crippen LogP contribution in [0.2, 0.25) is 0 Å². The van der Waals surface area contributed by atoms with Crippen LogP contribution in [0.4, 0.5) is 4.79 Å². The Hall–Kier alpha value is -1.83. The first kappa shape index (κ1) is 15.2. The summed E-state index contributed by atoms with van der Waals surface area (Å²) in [6, 6.07) is -2.06. The highest BCUT2D eigenvalue weighted by Crippen LogP contribution is 2.12. The lowest BCUT2D eigenvalue weighted by Gasteiger charge is -2.15. The number of nitrogens with zero attached hydrogens (tertiary/aromatic N) is 1. The molecule has 108 valence electrons. The molecule has 0 aromatic carbocycles. The van der Waals surface area contributed by atoms with Crippen molar-refractivity contribution in [2.75, 3.05) is 26.7 Å². The minimum absolute atomic E-state index is 0.346. The summed E-state index contributed by atoms with van der Waals surface area (Å²) in [6.07, 6.45) is 0.336. The van der Waals surface area contributed by atoms with Gasteiger partial charge in [-0.15, -0.1) is 0 Å². The fourth-order valence-corrected chi connectivity index (χ4v) is 2.01. The van der Waals surface area contributed by atoms with Gasteiger partial charge in [0.1, 0.15) is 6.04 Å². The molecule has 1 unspecified atom stereocenters. The van der Waals surface area contributed by atoms with Gasteiger partial charge in [0.2, 0.25) is 0 Å². The van der Waals surface area contributed by atoms with Crippen LogP contribution in [0, 0.1) is 5.92 Å². The number of likely N-dealkylation sites (tertiary alicyclic amines) is 1. The van der Waals surface area contributed by atoms with Gasteiger partial charge in [-0.3, -0.25) is 4.79 Å². The number of amides is 2. The Morgan fingerprint density at radius 2 is 2.05 bits per heavy atom. The van der Waals surface area contributed by atoms with Crippen molar-refractivity contribution in [3.63, 3.8) is 0 Å². The number of hydrogen-bond donors (Lipinski definition) is 4. The lowest BCUT2D eigenvalue weighted by Crippen LogP contribution is -2.48. The Balaban J connectivity index is 2.32. The summed E-state index contributed by atoms with van der Waals surface area (Å²) < 4.78 is 0. The van der Waals surface area contributed by atoms with Gasteiger partial charge in [-0.05, 0) is 25.9 Å². The van der Waals surface area contributed by atoms with E-state index in [1.54, 1.807) is 0 Å². The van der Waals surface area contributed by atoms with Gasteiger partial charge < -0.3 is 25.7 Å². The number of carbonyl (C=O) groups excluding carboxylic acids is 1. The van der Waals surface area contributed by atoms with Crippen LogP contribution >= 0.6 is 0 Å². The number of hydrogen-bond acceptors (Lipinski definition) is 4. The van der Waals surface area contributed by atoms with Crippen LogP contribution in [0.5, 0.6) is 0 Å². The summed E-state index contributed by atoms with van der Waals surface area (Å²) in [5, 5.41) is 22.0. The second kappa shape index (κ2) is 6.93. The van der Waals surface area contributed by atoms with Gasteiger partial charge in [0.25, 0.3) is 0 Å². The fourth-order valence-electron chi connectivity index (χ4n) is 2.01. The second-order valence-electron chi connectivity index (χ2n) is 4.76. The number of urea groups is 1. The van der Waals surface area contributed by atoms with E-state index in [1.165, 1.54) is 0 Å². The van der Waals surface area contributed by atoms with Crippen molar-refractivity contribution in [3.05, 3.63) is 0 Å². The first-order valence-corrected chi connectivity index (χ1v) is 6.06. The molecule has 1 aliphatic heterocycles. The number of rotatable bonds is 6. The molecular weight excluding hydrogens is 254 g/mol. The Kier molecular flexibility index (Phi) is 5.56. The van der Waals surface area contributed by atoms with E-state index in [2.05, 4.69) is 15.5 Å². The first-order valence-electron chi connectivity index (χ1n) is 6.06. The molecule has 1 heterocycles. The van der Waals surface area contributed by atoms with Gasteiger partial charge in [-0.25, -0.2) is 9.59 Å². The molecule has 1 saturated heterocycles. The summed E-state index contributed by atoms with van der Waals surface area (Å²) in [7, 11) is 1.99. The van der Waals surface area contributed by atoms with E-state index in [1.807, 2.05) is 7.05 Å². The summed E-state index contributed by atoms with van der Waals surface area (Å²) in [4.78, 5) is 34.9. The predicted octanol–water partition coefficient (Wildman–Crippen LogP) is -0.835. The van der Waals surface area contributed by atoms with Crippen LogP contribution in [0.25, 0.3) is 0 Å². The highest BCUT2D eigenvalue weighted by atomic mass is 16.4. The Bertz CT molecular complexity index is 360. The predicted molar refractivity (Wildman–Crippen MR) is 65.8 cm³/mol. The number of aliphatic carboxylic acids is 2. The largest absolute Gasteiger partial charge is 0.481 e. The molecule has 2 amide bonds. The van der Waals surface area contributed by atoms with Gasteiger partial charge in [-0.2, -0.15) is 0 Å². The molecule has 2 atom stereocenters. The molecule has 8 heteroatoms. The quantitative estimate of drug-likeness (QED) is 0.501. The van der Waals surface area contributed by atoms with Crippen molar-refractivity contribution in [3.8, 4) is 0 Å². The zero-order chi connectivity index (χ0) is 14.4. The standard InChI is InChI=1S/C11H19N3O5/c1-14-3-2-7(6-14)5-12-11(19)13-8(10(17)18)4-9(15)16/h7-8H,2-6H2,1H3,(H,15,16)(H,17,18)(H2,12,13,19)/t7?,8-/m1/s1. The van der Waals surface area contributed by atoms with Crippen LogP contribution in [0.3, 0.4) is 0 Å². The fraction of sp³-hybridized carbons (Fsp3) is 0.727. The van der Waals surface area contributed by atoms with E-state index < -0.39 is 30.4 Å². The third-order valence-electron chi connectivity index (χ3n) is 3.02. The summed E-state index contributed by atoms with van der Waals surface area (Å²) in [5.74, 6) is -2.29. The molecule has 1 rings (SSSR count). The molecule has 19 heavy (non-hydrogen) atoms. The number of carbonyl (C=O) groups is 3. The van der Waals surface area contributed by atoms with E-state index in [4.69, 9.17) is 10.2 Å². The highest BCUT2D eigenvalue weighted by molar-refractivity contribution is 5.86. The van der Waals surface area contributed by atoms with Crippen molar-refractivity contribution in [2.45, 2.75) is 18.9 Å². The third kappa shape index (κ3) is 5.56. The zero-order valence-electron chi connectivity index (χ0n) is 10.8. The maximum absolute atomic E-state index is 11.5. The molecule has 4 N–H and O–H groups in total. The SMILES string of the molecule is CN1CCC(CNC(=O)N[C@H](CC(=O)O)C(=O)O)C1. The number of carboxylic acid groups (broad SMARTS) is 2. The van der Waals surface area contributed by atoms with E-state index in [0.29, 0.717) is 12.5 Å². The molecule has 0 bridgehead atoms. The van der Waals surface area contributed by atoms with Gasteiger partial charge in [0, 0.05) is 13.1 Å². The molecule has 0 spiro atoms. The third-order valence-corrected chi connectivity index (χ3v) is 3.02. The lowest BCUT2D eigenvalue weighted by molar-refractivity contribution is -0.145. The minimum atomic E-state index is -1.41. The maximum Gasteiger partial charge on any atom is 0.326 e. The summed E-state index contributed by atoms with van der Waals surface area (Å²) in [6.45, 7) is 2.32. The Morgan fingerprint density at radius 3 is 2.53 bits per heavy atom. The van der Waals surface area contributed by atoms with Crippen LogP contribution in [-0.2, 0) is 9.59 Å². The number of nitrogens with one attached hydrogen (secondary N) is 2. The Morgan fingerprint density at radius 1 is 1.37 bits per heavy atom. The van der Waals surface area contributed by atoms with Crippen LogP contribution < -0.4 is 10.6 Å². The van der Waals surface area contributed by atoms with Crippen LogP contribution in [-0.4, -0.2) is 65.8 Å². The molecule has 1 fully saturated rings. The first-order chi connectivity index (χ1) is 8.88. The van der Waals surface area contributed by atoms with Gasteiger partial charge in [-0.1, -0.05) is 0 Å². The van der Waals surface area contributed by atoms with E-state index in [9.17, 15) is 14.4 Å². The van der Waals surface area contributed by atoms with Crippen molar-refractivity contribution in [1.82, 2.24) is 15.5 Å². The minimum Gasteiger partial charge on any atom is -0.481 e. The Labute approximate surface area is 110 Å². The van der Waals surface area contributed by atoms with Crippen molar-refractivity contribution >= 4 is 18.0 Å². The number of carboxylic acids is 2. The summed E-state index contributed by atoms with van der Waals surface area (Å²) >= 11 is 0. The lowest BCUT2D eigenvalue weighted by atomic mass is 10.1. The molecule has 8 nitrogen and oxygen atoms in total. The normalized spacial score (nSPS) is 20.8. The van der Waals surface area contributed by atoms with Crippen LogP contribution in [0.1, 0.15) is 12.8 Å². The highest BCUT2D eigenvalue weighted by Gasteiger charge is 2.24. The molecule has 0 aliphatic carbocycles. The maximum atomic E-state index is 11.5. The van der Waals surface area contributed by atoms with Gasteiger partial charge >= 0.3 is 18.0 Å². The van der Waals surface area contributed by atoms with Gasteiger partial charge in [0.15, 0.2) is 0 Å². The molecular formula is C11H19N3O5. The average molecular weight is 273 g/mol. The summed E-state index contributed by atoms with van der Waals surface area (Å²) in [5.41, 5.74) is 0. The molecule has 0 radical (unpaired) electrons. The molecule has 0 aromatic heterocycles.